The molecule has 0 aliphatic rings. The summed E-state index contributed by atoms with van der Waals surface area (Å²) in [4.78, 5) is 28.9. The molecule has 0 aliphatic carbocycles. The van der Waals surface area contributed by atoms with E-state index in [9.17, 15) is 9.59 Å². The molecule has 1 heterocycles. The van der Waals surface area contributed by atoms with E-state index in [2.05, 4.69) is 4.98 Å². The number of ether oxygens (including phenoxy) is 2. The molecule has 0 amide bonds. The number of carbonyl (C=O) groups excluding carboxylic acids is 2. The number of hydrogen-bond acceptors (Lipinski definition) is 6. The van der Waals surface area contributed by atoms with Gasteiger partial charge in [0, 0.05) is 0 Å². The van der Waals surface area contributed by atoms with E-state index >= 15 is 0 Å². The van der Waals surface area contributed by atoms with Crippen LogP contribution in [0.3, 0.4) is 0 Å². The molecule has 2 rings (SSSR count). The third-order valence-electron chi connectivity index (χ3n) is 3.24. The van der Waals surface area contributed by atoms with E-state index in [0.717, 1.165) is 5.56 Å². The number of thioether (sulfide) groups is 1. The van der Waals surface area contributed by atoms with Crippen LogP contribution in [0.5, 0.6) is 0 Å². The summed E-state index contributed by atoms with van der Waals surface area (Å²) >= 11 is 1.36. The van der Waals surface area contributed by atoms with Gasteiger partial charge in [-0.05, 0) is 25.7 Å². The highest BCUT2D eigenvalue weighted by molar-refractivity contribution is 7.98. The molecule has 0 aliphatic heterocycles. The summed E-state index contributed by atoms with van der Waals surface area (Å²) in [7, 11) is 0. The van der Waals surface area contributed by atoms with Crippen molar-refractivity contribution in [3.05, 3.63) is 47.3 Å². The fourth-order valence-electron chi connectivity index (χ4n) is 2.25. The predicted octanol–water partition coefficient (Wildman–Crippen LogP) is 3.01. The van der Waals surface area contributed by atoms with Crippen LogP contribution in [-0.4, -0.2) is 41.0 Å². The van der Waals surface area contributed by atoms with Crippen molar-refractivity contribution in [3.63, 3.8) is 0 Å². The predicted molar refractivity (Wildman–Crippen MR) is 91.5 cm³/mol. The van der Waals surface area contributed by atoms with Crippen LogP contribution in [0.2, 0.25) is 0 Å². The molecule has 0 atom stereocenters. The average Bonchev–Trinajstić information content (AvgIpc) is 2.95. The van der Waals surface area contributed by atoms with Crippen LogP contribution in [0.4, 0.5) is 0 Å². The van der Waals surface area contributed by atoms with Crippen LogP contribution in [0.25, 0.3) is 0 Å². The second-order valence-electron chi connectivity index (χ2n) is 4.81. The monoisotopic (exact) mass is 348 g/mol. The molecule has 0 N–H and O–H groups in total. The summed E-state index contributed by atoms with van der Waals surface area (Å²) in [6, 6.07) is 9.65. The van der Waals surface area contributed by atoms with Crippen LogP contribution in [0.1, 0.15) is 40.4 Å². The summed E-state index contributed by atoms with van der Waals surface area (Å²) < 4.78 is 11.8. The molecule has 0 bridgehead atoms. The van der Waals surface area contributed by atoms with E-state index < -0.39 is 11.9 Å². The van der Waals surface area contributed by atoms with Gasteiger partial charge in [-0.2, -0.15) is 0 Å². The Bertz CT molecular complexity index is 713. The lowest BCUT2D eigenvalue weighted by atomic mass is 10.2. The lowest BCUT2D eigenvalue weighted by Crippen LogP contribution is -2.18. The van der Waals surface area contributed by atoms with E-state index in [-0.39, 0.29) is 24.6 Å². The molecule has 1 aromatic carbocycles. The van der Waals surface area contributed by atoms with Crippen molar-refractivity contribution in [1.29, 1.82) is 0 Å². The number of imidazole rings is 1. The summed E-state index contributed by atoms with van der Waals surface area (Å²) in [5, 5.41) is 0.560. The SMILES string of the molecule is CCOC(=O)c1nc(SC)n(Cc2ccccc2)c1C(=O)OCC. The van der Waals surface area contributed by atoms with Gasteiger partial charge >= 0.3 is 11.9 Å². The Kier molecular flexibility index (Phi) is 6.43. The van der Waals surface area contributed by atoms with Crippen LogP contribution in [-0.2, 0) is 16.0 Å². The second kappa shape index (κ2) is 8.54. The molecular formula is C17H20N2O4S. The van der Waals surface area contributed by atoms with Gasteiger partial charge < -0.3 is 14.0 Å². The third-order valence-corrected chi connectivity index (χ3v) is 3.91. The molecule has 0 saturated heterocycles. The number of carbonyl (C=O) groups is 2. The number of rotatable bonds is 7. The van der Waals surface area contributed by atoms with Crippen LogP contribution in [0.15, 0.2) is 35.5 Å². The van der Waals surface area contributed by atoms with Gasteiger partial charge in [0.25, 0.3) is 0 Å². The normalized spacial score (nSPS) is 10.5. The lowest BCUT2D eigenvalue weighted by molar-refractivity contribution is 0.0467. The zero-order valence-corrected chi connectivity index (χ0v) is 14.8. The Hall–Kier alpha value is -2.28. The lowest BCUT2D eigenvalue weighted by Gasteiger charge is -2.11. The number of hydrogen-bond donors (Lipinski definition) is 0. The fraction of sp³-hybridized carbons (Fsp3) is 0.353. The molecule has 0 unspecified atom stereocenters. The largest absolute Gasteiger partial charge is 0.461 e. The van der Waals surface area contributed by atoms with Gasteiger partial charge in [0.05, 0.1) is 19.8 Å². The molecule has 128 valence electrons. The quantitative estimate of drug-likeness (QED) is 0.566. The van der Waals surface area contributed by atoms with Gasteiger partial charge in [-0.3, -0.25) is 0 Å². The fourth-order valence-corrected chi connectivity index (χ4v) is 2.81. The Morgan fingerprint density at radius 3 is 2.29 bits per heavy atom. The van der Waals surface area contributed by atoms with Crippen molar-refractivity contribution in [2.24, 2.45) is 0 Å². The maximum absolute atomic E-state index is 12.4. The highest BCUT2D eigenvalue weighted by Crippen LogP contribution is 2.23. The van der Waals surface area contributed by atoms with Gasteiger partial charge in [0.1, 0.15) is 0 Å². The smallest absolute Gasteiger partial charge is 0.359 e. The van der Waals surface area contributed by atoms with Crippen molar-refractivity contribution in [2.45, 2.75) is 25.5 Å². The molecule has 2 aromatic rings. The Balaban J connectivity index is 2.53. The summed E-state index contributed by atoms with van der Waals surface area (Å²) in [5.41, 5.74) is 1.12. The minimum atomic E-state index is -0.623. The Morgan fingerprint density at radius 1 is 1.08 bits per heavy atom. The molecule has 0 saturated carbocycles. The van der Waals surface area contributed by atoms with E-state index in [1.54, 1.807) is 18.4 Å². The molecule has 0 radical (unpaired) electrons. The summed E-state index contributed by atoms with van der Waals surface area (Å²) in [6.07, 6.45) is 1.84. The first-order valence-electron chi connectivity index (χ1n) is 7.65. The van der Waals surface area contributed by atoms with Crippen molar-refractivity contribution in [1.82, 2.24) is 9.55 Å². The highest BCUT2D eigenvalue weighted by Gasteiger charge is 2.29. The van der Waals surface area contributed by atoms with Crippen molar-refractivity contribution >= 4 is 23.7 Å². The number of aromatic nitrogens is 2. The van der Waals surface area contributed by atoms with Crippen LogP contribution < -0.4 is 0 Å². The molecule has 24 heavy (non-hydrogen) atoms. The zero-order chi connectivity index (χ0) is 17.5. The van der Waals surface area contributed by atoms with Gasteiger partial charge in [0.2, 0.25) is 0 Å². The zero-order valence-electron chi connectivity index (χ0n) is 13.9. The van der Waals surface area contributed by atoms with Crippen LogP contribution in [0, 0.1) is 0 Å². The van der Waals surface area contributed by atoms with E-state index in [1.807, 2.05) is 36.6 Å². The number of nitrogens with zero attached hydrogens (tertiary/aromatic N) is 2. The maximum Gasteiger partial charge on any atom is 0.359 e. The minimum Gasteiger partial charge on any atom is -0.461 e. The topological polar surface area (TPSA) is 70.4 Å². The van der Waals surface area contributed by atoms with E-state index in [4.69, 9.17) is 9.47 Å². The summed E-state index contributed by atoms with van der Waals surface area (Å²) in [5.74, 6) is -1.20. The molecule has 6 nitrogen and oxygen atoms in total. The number of benzene rings is 1. The van der Waals surface area contributed by atoms with Gasteiger partial charge in [-0.25, -0.2) is 14.6 Å². The van der Waals surface area contributed by atoms with Crippen LogP contribution >= 0.6 is 11.8 Å². The molecule has 1 aromatic heterocycles. The molecule has 0 fully saturated rings. The Morgan fingerprint density at radius 2 is 1.71 bits per heavy atom. The molecule has 7 heteroatoms. The van der Waals surface area contributed by atoms with Crippen molar-refractivity contribution < 1.29 is 19.1 Å². The molecular weight excluding hydrogens is 328 g/mol. The minimum absolute atomic E-state index is 0.00409. The summed E-state index contributed by atoms with van der Waals surface area (Å²) in [6.45, 7) is 4.26. The average molecular weight is 348 g/mol. The highest BCUT2D eigenvalue weighted by atomic mass is 32.2. The second-order valence-corrected chi connectivity index (χ2v) is 5.58. The van der Waals surface area contributed by atoms with Gasteiger partial charge in [-0.1, -0.05) is 42.1 Å². The molecule has 0 spiro atoms. The standard InChI is InChI=1S/C17H20N2O4S/c1-4-22-15(20)13-14(16(21)23-5-2)19(17(18-13)24-3)11-12-9-7-6-8-10-12/h6-10H,4-5,11H2,1-3H3. The Labute approximate surface area is 145 Å². The van der Waals surface area contributed by atoms with E-state index in [0.29, 0.717) is 11.7 Å². The van der Waals surface area contributed by atoms with Gasteiger partial charge in [0.15, 0.2) is 16.5 Å². The van der Waals surface area contributed by atoms with Crippen molar-refractivity contribution in [2.75, 3.05) is 19.5 Å². The third kappa shape index (κ3) is 3.97. The van der Waals surface area contributed by atoms with Crippen molar-refractivity contribution in [3.8, 4) is 0 Å². The first-order chi connectivity index (χ1) is 11.6. The number of esters is 2. The maximum atomic E-state index is 12.4. The van der Waals surface area contributed by atoms with E-state index in [1.165, 1.54) is 11.8 Å². The first-order valence-corrected chi connectivity index (χ1v) is 8.87. The van der Waals surface area contributed by atoms with Gasteiger partial charge in [-0.15, -0.1) is 0 Å². The first kappa shape index (κ1) is 18.1.